The van der Waals surface area contributed by atoms with E-state index in [2.05, 4.69) is 27.1 Å². The van der Waals surface area contributed by atoms with Crippen LogP contribution in [-0.4, -0.2) is 25.7 Å². The van der Waals surface area contributed by atoms with Crippen LogP contribution in [0.1, 0.15) is 11.3 Å². The van der Waals surface area contributed by atoms with Crippen molar-refractivity contribution in [2.45, 2.75) is 19.9 Å². The molecule has 3 rings (SSSR count). The predicted octanol–water partition coefficient (Wildman–Crippen LogP) is 5.05. The number of amides is 1. The van der Waals surface area contributed by atoms with Gasteiger partial charge in [-0.25, -0.2) is 4.98 Å². The molecular weight excluding hydrogens is 425 g/mol. The minimum Gasteiger partial charge on any atom is -0.302 e. The summed E-state index contributed by atoms with van der Waals surface area (Å²) in [6.07, 6.45) is 1.79. The number of aromatic nitrogens is 4. The monoisotopic (exact) mass is 439 g/mol. The molecule has 1 aromatic carbocycles. The average molecular weight is 440 g/mol. The Kier molecular flexibility index (Phi) is 6.11. The van der Waals surface area contributed by atoms with Crippen LogP contribution in [0.25, 0.3) is 10.7 Å². The van der Waals surface area contributed by atoms with Gasteiger partial charge < -0.3 is 5.32 Å². The van der Waals surface area contributed by atoms with Gasteiger partial charge in [-0.15, -0.1) is 6.58 Å². The van der Waals surface area contributed by atoms with Gasteiger partial charge in [0.2, 0.25) is 5.91 Å². The molecule has 0 bridgehead atoms. The number of carbonyl (C=O) groups excluding carboxylic acids is 1. The Balaban J connectivity index is 1.82. The van der Waals surface area contributed by atoms with Crippen molar-refractivity contribution in [2.24, 2.45) is 0 Å². The standard InChI is InChI=1S/C17H15Cl2N5OS2/c1-3-7-24-15(22-23-17(24)26)14-9(2)20-16(27-14)21-13(25)8-10-11(18)5-4-6-12(10)19/h3-6H,1,7-8H2,2H3,(H,23,26)(H,20,21,25). The Morgan fingerprint density at radius 2 is 2.15 bits per heavy atom. The van der Waals surface area contributed by atoms with Gasteiger partial charge in [-0.1, -0.05) is 46.7 Å². The van der Waals surface area contributed by atoms with Crippen molar-refractivity contribution in [1.29, 1.82) is 0 Å². The maximum Gasteiger partial charge on any atom is 0.230 e. The maximum atomic E-state index is 12.4. The van der Waals surface area contributed by atoms with E-state index in [1.54, 1.807) is 24.3 Å². The Bertz CT molecular complexity index is 1050. The lowest BCUT2D eigenvalue weighted by molar-refractivity contribution is -0.115. The van der Waals surface area contributed by atoms with Gasteiger partial charge >= 0.3 is 0 Å². The molecule has 0 unspecified atom stereocenters. The maximum absolute atomic E-state index is 12.4. The highest BCUT2D eigenvalue weighted by atomic mass is 35.5. The van der Waals surface area contributed by atoms with Crippen LogP contribution in [0.15, 0.2) is 30.9 Å². The van der Waals surface area contributed by atoms with E-state index in [9.17, 15) is 4.79 Å². The minimum absolute atomic E-state index is 0.0572. The van der Waals surface area contributed by atoms with Gasteiger partial charge in [-0.05, 0) is 36.8 Å². The first kappa shape index (κ1) is 19.8. The number of nitrogens with one attached hydrogen (secondary N) is 2. The third-order valence-corrected chi connectivity index (χ3v) is 5.80. The Morgan fingerprint density at radius 1 is 1.44 bits per heavy atom. The number of hydrogen-bond acceptors (Lipinski definition) is 5. The van der Waals surface area contributed by atoms with Crippen molar-refractivity contribution in [2.75, 3.05) is 5.32 Å². The molecule has 0 spiro atoms. The Morgan fingerprint density at radius 3 is 2.81 bits per heavy atom. The molecule has 1 amide bonds. The summed E-state index contributed by atoms with van der Waals surface area (Å²) in [6, 6.07) is 5.13. The molecule has 10 heteroatoms. The molecular formula is C17H15Cl2N5OS2. The molecule has 3 aromatic rings. The van der Waals surface area contributed by atoms with E-state index >= 15 is 0 Å². The van der Waals surface area contributed by atoms with Crippen molar-refractivity contribution in [3.63, 3.8) is 0 Å². The summed E-state index contributed by atoms with van der Waals surface area (Å²) in [5, 5.41) is 11.2. The van der Waals surface area contributed by atoms with Crippen LogP contribution in [0.3, 0.4) is 0 Å². The highest BCUT2D eigenvalue weighted by Crippen LogP contribution is 2.32. The summed E-state index contributed by atoms with van der Waals surface area (Å²) in [5.41, 5.74) is 1.32. The second kappa shape index (κ2) is 8.35. The van der Waals surface area contributed by atoms with Crippen LogP contribution in [0.5, 0.6) is 0 Å². The smallest absolute Gasteiger partial charge is 0.230 e. The summed E-state index contributed by atoms with van der Waals surface area (Å²) < 4.78 is 2.31. The zero-order valence-electron chi connectivity index (χ0n) is 14.3. The molecule has 0 radical (unpaired) electrons. The quantitative estimate of drug-likeness (QED) is 0.416. The van der Waals surface area contributed by atoms with Gasteiger partial charge in [0.05, 0.1) is 17.0 Å². The zero-order chi connectivity index (χ0) is 19.6. The SMILES string of the molecule is C=CCn1c(-c2sc(NC(=O)Cc3c(Cl)cccc3Cl)nc2C)n[nH]c1=S. The van der Waals surface area contributed by atoms with Gasteiger partial charge in [-0.3, -0.25) is 14.5 Å². The number of H-pyrrole nitrogens is 1. The number of nitrogens with zero attached hydrogens (tertiary/aromatic N) is 3. The normalized spacial score (nSPS) is 10.8. The number of rotatable bonds is 6. The molecule has 2 N–H and O–H groups in total. The summed E-state index contributed by atoms with van der Waals surface area (Å²) in [4.78, 5) is 17.6. The van der Waals surface area contributed by atoms with Crippen LogP contribution in [0.4, 0.5) is 5.13 Å². The van der Waals surface area contributed by atoms with Crippen LogP contribution in [-0.2, 0) is 17.8 Å². The topological polar surface area (TPSA) is 75.6 Å². The number of carbonyl (C=O) groups is 1. The molecule has 0 aliphatic heterocycles. The first-order valence-electron chi connectivity index (χ1n) is 7.87. The molecule has 2 aromatic heterocycles. The zero-order valence-corrected chi connectivity index (χ0v) is 17.4. The number of thiazole rings is 1. The van der Waals surface area contributed by atoms with E-state index < -0.39 is 0 Å². The predicted molar refractivity (Wildman–Crippen MR) is 112 cm³/mol. The second-order valence-electron chi connectivity index (χ2n) is 5.61. The van der Waals surface area contributed by atoms with E-state index in [-0.39, 0.29) is 12.3 Å². The Hall–Kier alpha value is -2.00. The molecule has 0 saturated carbocycles. The number of aromatic amines is 1. The summed E-state index contributed by atoms with van der Waals surface area (Å²) in [5.74, 6) is 0.403. The number of aryl methyl sites for hydroxylation is 1. The summed E-state index contributed by atoms with van der Waals surface area (Å²) in [6.45, 7) is 6.11. The number of anilines is 1. The van der Waals surface area contributed by atoms with Crippen molar-refractivity contribution >= 4 is 57.8 Å². The largest absolute Gasteiger partial charge is 0.302 e. The van der Waals surface area contributed by atoms with Crippen LogP contribution in [0.2, 0.25) is 10.0 Å². The molecule has 0 fully saturated rings. The van der Waals surface area contributed by atoms with Crippen molar-refractivity contribution in [1.82, 2.24) is 19.7 Å². The fraction of sp³-hybridized carbons (Fsp3) is 0.176. The molecule has 0 aliphatic carbocycles. The van der Waals surface area contributed by atoms with E-state index in [0.717, 1.165) is 10.6 Å². The first-order valence-corrected chi connectivity index (χ1v) is 9.85. The molecule has 27 heavy (non-hydrogen) atoms. The number of allylic oxidation sites excluding steroid dienone is 1. The van der Waals surface area contributed by atoms with E-state index in [4.69, 9.17) is 35.4 Å². The fourth-order valence-electron chi connectivity index (χ4n) is 2.47. The van der Waals surface area contributed by atoms with Gasteiger partial charge in [0.15, 0.2) is 15.7 Å². The molecule has 0 saturated heterocycles. The van der Waals surface area contributed by atoms with Crippen LogP contribution < -0.4 is 5.32 Å². The fourth-order valence-corrected chi connectivity index (χ4v) is 4.19. The highest BCUT2D eigenvalue weighted by Gasteiger charge is 2.18. The van der Waals surface area contributed by atoms with Gasteiger partial charge in [-0.2, -0.15) is 5.10 Å². The third kappa shape index (κ3) is 4.30. The molecule has 0 atom stereocenters. The summed E-state index contributed by atoms with van der Waals surface area (Å²) >= 11 is 18.8. The van der Waals surface area contributed by atoms with Crippen LogP contribution in [0, 0.1) is 11.7 Å². The lowest BCUT2D eigenvalue weighted by Crippen LogP contribution is -2.14. The lowest BCUT2D eigenvalue weighted by Gasteiger charge is -2.06. The van der Waals surface area contributed by atoms with Gasteiger partial charge in [0, 0.05) is 16.6 Å². The number of benzene rings is 1. The first-order chi connectivity index (χ1) is 12.9. The molecule has 0 aliphatic rings. The lowest BCUT2D eigenvalue weighted by atomic mass is 10.1. The minimum atomic E-state index is -0.254. The van der Waals surface area contributed by atoms with E-state index in [1.807, 2.05) is 11.5 Å². The third-order valence-electron chi connectivity index (χ3n) is 3.72. The molecule has 140 valence electrons. The Labute approximate surface area is 174 Å². The van der Waals surface area contributed by atoms with Crippen LogP contribution >= 0.6 is 46.8 Å². The second-order valence-corrected chi connectivity index (χ2v) is 7.81. The van der Waals surface area contributed by atoms with Gasteiger partial charge in [0.1, 0.15) is 0 Å². The highest BCUT2D eigenvalue weighted by molar-refractivity contribution is 7.71. The number of halogens is 2. The van der Waals surface area contributed by atoms with Crippen molar-refractivity contribution in [3.05, 3.63) is 56.9 Å². The van der Waals surface area contributed by atoms with Gasteiger partial charge in [0.25, 0.3) is 0 Å². The molecule has 2 heterocycles. The van der Waals surface area contributed by atoms with Crippen molar-refractivity contribution in [3.8, 4) is 10.7 Å². The molecule has 6 nitrogen and oxygen atoms in total. The average Bonchev–Trinajstić information content (AvgIpc) is 3.14. The summed E-state index contributed by atoms with van der Waals surface area (Å²) in [7, 11) is 0. The van der Waals surface area contributed by atoms with E-state index in [1.165, 1.54) is 11.3 Å². The number of hydrogen-bond donors (Lipinski definition) is 2. The van der Waals surface area contributed by atoms with Crippen molar-refractivity contribution < 1.29 is 4.79 Å². The van der Waals surface area contributed by atoms with E-state index in [0.29, 0.717) is 37.9 Å².